The number of hydrogen-bond donors (Lipinski definition) is 1. The summed E-state index contributed by atoms with van der Waals surface area (Å²) in [5, 5.41) is 5.05. The van der Waals surface area contributed by atoms with Crippen molar-refractivity contribution >= 4 is 22.4 Å². The molecule has 4 nitrogen and oxygen atoms in total. The fourth-order valence-electron chi connectivity index (χ4n) is 1.93. The lowest BCUT2D eigenvalue weighted by Crippen LogP contribution is -2.11. The number of nitrogens with one attached hydrogen (secondary N) is 1. The molecule has 1 N–H and O–H groups in total. The fraction of sp³-hybridized carbons (Fsp3) is 0.0588. The number of halogens is 1. The molecule has 1 amide bonds. The molecule has 0 radical (unpaired) electrons. The third kappa shape index (κ3) is 4.14. The molecule has 0 saturated heterocycles. The Bertz CT molecular complexity index is 789. The Balaban J connectivity index is 1.64. The molecule has 0 bridgehead atoms. The van der Waals surface area contributed by atoms with Crippen LogP contribution in [0.2, 0.25) is 0 Å². The van der Waals surface area contributed by atoms with Crippen molar-refractivity contribution in [3.8, 4) is 5.75 Å². The van der Waals surface area contributed by atoms with Crippen LogP contribution in [0.1, 0.15) is 15.9 Å². The van der Waals surface area contributed by atoms with Crippen LogP contribution in [0.4, 0.5) is 9.52 Å². The highest BCUT2D eigenvalue weighted by Gasteiger charge is 2.08. The molecule has 2 aromatic carbocycles. The van der Waals surface area contributed by atoms with Crippen LogP contribution in [0.3, 0.4) is 0 Å². The van der Waals surface area contributed by atoms with E-state index in [2.05, 4.69) is 10.3 Å². The van der Waals surface area contributed by atoms with Gasteiger partial charge < -0.3 is 4.74 Å². The van der Waals surface area contributed by atoms with E-state index in [0.717, 1.165) is 5.56 Å². The van der Waals surface area contributed by atoms with Gasteiger partial charge in [-0.15, -0.1) is 11.3 Å². The maximum Gasteiger partial charge on any atom is 0.257 e. The summed E-state index contributed by atoms with van der Waals surface area (Å²) >= 11 is 1.35. The SMILES string of the molecule is O=C(Nc1nccs1)c1cccc(OCc2ccc(F)cc2)c1. The average molecular weight is 328 g/mol. The predicted octanol–water partition coefficient (Wildman–Crippen LogP) is 4.11. The Morgan fingerprint density at radius 2 is 2.04 bits per heavy atom. The number of benzene rings is 2. The van der Waals surface area contributed by atoms with Crippen LogP contribution in [0, 0.1) is 5.82 Å². The van der Waals surface area contributed by atoms with Gasteiger partial charge in [-0.3, -0.25) is 10.1 Å². The van der Waals surface area contributed by atoms with Crippen molar-refractivity contribution in [2.24, 2.45) is 0 Å². The van der Waals surface area contributed by atoms with E-state index in [1.807, 2.05) is 0 Å². The summed E-state index contributed by atoms with van der Waals surface area (Å²) in [6.45, 7) is 0.303. The van der Waals surface area contributed by atoms with Crippen LogP contribution in [-0.2, 0) is 6.61 Å². The van der Waals surface area contributed by atoms with E-state index in [9.17, 15) is 9.18 Å². The van der Waals surface area contributed by atoms with Gasteiger partial charge in [0.1, 0.15) is 18.2 Å². The van der Waals surface area contributed by atoms with Gasteiger partial charge in [0.25, 0.3) is 5.91 Å². The summed E-state index contributed by atoms with van der Waals surface area (Å²) in [7, 11) is 0. The molecule has 0 aliphatic rings. The number of rotatable bonds is 5. The second-order valence-corrected chi connectivity index (χ2v) is 5.63. The fourth-order valence-corrected chi connectivity index (χ4v) is 2.45. The zero-order chi connectivity index (χ0) is 16.1. The van der Waals surface area contributed by atoms with Gasteiger partial charge >= 0.3 is 0 Å². The molecule has 23 heavy (non-hydrogen) atoms. The molecule has 116 valence electrons. The summed E-state index contributed by atoms with van der Waals surface area (Å²) in [5.41, 5.74) is 1.33. The molecule has 0 aliphatic carbocycles. The number of thiazole rings is 1. The van der Waals surface area contributed by atoms with Crippen LogP contribution in [0.15, 0.2) is 60.1 Å². The summed E-state index contributed by atoms with van der Waals surface area (Å²) in [6, 6.07) is 13.0. The van der Waals surface area contributed by atoms with E-state index in [-0.39, 0.29) is 11.7 Å². The lowest BCUT2D eigenvalue weighted by Gasteiger charge is -2.08. The maximum atomic E-state index is 12.9. The predicted molar refractivity (Wildman–Crippen MR) is 87.2 cm³/mol. The van der Waals surface area contributed by atoms with Crippen molar-refractivity contribution in [2.75, 3.05) is 5.32 Å². The minimum Gasteiger partial charge on any atom is -0.489 e. The van der Waals surface area contributed by atoms with Gasteiger partial charge in [0.15, 0.2) is 5.13 Å². The Morgan fingerprint density at radius 1 is 1.22 bits per heavy atom. The van der Waals surface area contributed by atoms with Crippen molar-refractivity contribution in [1.82, 2.24) is 4.98 Å². The Labute approximate surface area is 136 Å². The van der Waals surface area contributed by atoms with Crippen LogP contribution < -0.4 is 10.1 Å². The number of ether oxygens (including phenoxy) is 1. The maximum absolute atomic E-state index is 12.9. The third-order valence-corrected chi connectivity index (χ3v) is 3.76. The zero-order valence-electron chi connectivity index (χ0n) is 12.0. The minimum atomic E-state index is -0.283. The molecule has 0 aliphatic heterocycles. The second-order valence-electron chi connectivity index (χ2n) is 4.73. The van der Waals surface area contributed by atoms with E-state index in [1.165, 1.54) is 23.5 Å². The van der Waals surface area contributed by atoms with E-state index >= 15 is 0 Å². The van der Waals surface area contributed by atoms with E-state index in [0.29, 0.717) is 23.1 Å². The molecule has 6 heteroatoms. The second kappa shape index (κ2) is 7.02. The van der Waals surface area contributed by atoms with Gasteiger partial charge in [-0.25, -0.2) is 9.37 Å². The largest absolute Gasteiger partial charge is 0.489 e. The number of aromatic nitrogens is 1. The first-order valence-corrected chi connectivity index (χ1v) is 7.77. The van der Waals surface area contributed by atoms with Crippen molar-refractivity contribution < 1.29 is 13.9 Å². The van der Waals surface area contributed by atoms with Crippen LogP contribution in [0.5, 0.6) is 5.75 Å². The lowest BCUT2D eigenvalue weighted by atomic mass is 10.2. The van der Waals surface area contributed by atoms with Crippen molar-refractivity contribution in [1.29, 1.82) is 0 Å². The molecule has 0 unspecified atom stereocenters. The average Bonchev–Trinajstić information content (AvgIpc) is 3.07. The normalized spacial score (nSPS) is 10.3. The first-order valence-electron chi connectivity index (χ1n) is 6.89. The Kier molecular flexibility index (Phi) is 4.63. The quantitative estimate of drug-likeness (QED) is 0.767. The molecule has 1 aromatic heterocycles. The van der Waals surface area contributed by atoms with E-state index in [1.54, 1.807) is 48.0 Å². The van der Waals surface area contributed by atoms with Gasteiger partial charge in [0, 0.05) is 17.1 Å². The van der Waals surface area contributed by atoms with Crippen molar-refractivity contribution in [3.05, 3.63) is 77.1 Å². The van der Waals surface area contributed by atoms with E-state index in [4.69, 9.17) is 4.74 Å². The first-order chi connectivity index (χ1) is 11.2. The van der Waals surface area contributed by atoms with Crippen molar-refractivity contribution in [3.63, 3.8) is 0 Å². The molecule has 3 aromatic rings. The van der Waals surface area contributed by atoms with Gasteiger partial charge in [0.2, 0.25) is 0 Å². The summed E-state index contributed by atoms with van der Waals surface area (Å²) in [4.78, 5) is 16.1. The summed E-state index contributed by atoms with van der Waals surface area (Å²) < 4.78 is 18.5. The van der Waals surface area contributed by atoms with Gasteiger partial charge in [0.05, 0.1) is 0 Å². The van der Waals surface area contributed by atoms with Crippen LogP contribution in [-0.4, -0.2) is 10.9 Å². The third-order valence-electron chi connectivity index (χ3n) is 3.07. The number of carbonyl (C=O) groups is 1. The highest BCUT2D eigenvalue weighted by Crippen LogP contribution is 2.18. The summed E-state index contributed by atoms with van der Waals surface area (Å²) in [6.07, 6.45) is 1.63. The van der Waals surface area contributed by atoms with Crippen LogP contribution in [0.25, 0.3) is 0 Å². The Hall–Kier alpha value is -2.73. The summed E-state index contributed by atoms with van der Waals surface area (Å²) in [5.74, 6) is 0.0444. The number of anilines is 1. The minimum absolute atomic E-state index is 0.243. The topological polar surface area (TPSA) is 51.2 Å². The standard InChI is InChI=1S/C17H13FN2O2S/c18-14-6-4-12(5-7-14)11-22-15-3-1-2-13(10-15)16(21)20-17-19-8-9-23-17/h1-10H,11H2,(H,19,20,21). The van der Waals surface area contributed by atoms with Gasteiger partial charge in [-0.05, 0) is 35.9 Å². The highest BCUT2D eigenvalue weighted by molar-refractivity contribution is 7.13. The smallest absolute Gasteiger partial charge is 0.257 e. The van der Waals surface area contributed by atoms with Gasteiger partial charge in [-0.1, -0.05) is 18.2 Å². The number of carbonyl (C=O) groups excluding carboxylic acids is 1. The van der Waals surface area contributed by atoms with Gasteiger partial charge in [-0.2, -0.15) is 0 Å². The molecule has 0 spiro atoms. The lowest BCUT2D eigenvalue weighted by molar-refractivity contribution is 0.102. The molecule has 3 rings (SSSR count). The monoisotopic (exact) mass is 328 g/mol. The zero-order valence-corrected chi connectivity index (χ0v) is 12.8. The first kappa shape index (κ1) is 15.2. The molecule has 0 saturated carbocycles. The molecular formula is C17H13FN2O2S. The number of nitrogens with zero attached hydrogens (tertiary/aromatic N) is 1. The molecule has 0 fully saturated rings. The number of amides is 1. The molecule has 1 heterocycles. The Morgan fingerprint density at radius 3 is 2.78 bits per heavy atom. The van der Waals surface area contributed by atoms with Crippen LogP contribution >= 0.6 is 11.3 Å². The molecule has 0 atom stereocenters. The number of hydrogen-bond acceptors (Lipinski definition) is 4. The van der Waals surface area contributed by atoms with Crippen molar-refractivity contribution in [2.45, 2.75) is 6.61 Å². The van der Waals surface area contributed by atoms with E-state index < -0.39 is 0 Å². The highest BCUT2D eigenvalue weighted by atomic mass is 32.1. The molecular weight excluding hydrogens is 315 g/mol.